The van der Waals surface area contributed by atoms with Gasteiger partial charge in [0, 0.05) is 24.9 Å². The Labute approximate surface area is 140 Å². The first-order chi connectivity index (χ1) is 11.8. The van der Waals surface area contributed by atoms with Gasteiger partial charge >= 0.3 is 0 Å². The molecule has 0 N–H and O–H groups in total. The van der Waals surface area contributed by atoms with Crippen molar-refractivity contribution in [1.29, 1.82) is 0 Å². The van der Waals surface area contributed by atoms with Gasteiger partial charge in [0.2, 0.25) is 5.76 Å². The Morgan fingerprint density at radius 2 is 2.12 bits per heavy atom. The first kappa shape index (κ1) is 15.8. The van der Waals surface area contributed by atoms with Gasteiger partial charge in [-0.2, -0.15) is 0 Å². The molecule has 0 aliphatic heterocycles. The number of aryl methyl sites for hydroxylation is 1. The van der Waals surface area contributed by atoms with E-state index in [4.69, 9.17) is 9.26 Å². The maximum absolute atomic E-state index is 5.35. The summed E-state index contributed by atoms with van der Waals surface area (Å²) in [6, 6.07) is 5.49. The van der Waals surface area contributed by atoms with E-state index in [1.165, 1.54) is 0 Å². The summed E-state index contributed by atoms with van der Waals surface area (Å²) in [6.45, 7) is 5.24. The van der Waals surface area contributed by atoms with E-state index < -0.39 is 0 Å². The van der Waals surface area contributed by atoms with E-state index in [2.05, 4.69) is 33.9 Å². The Kier molecular flexibility index (Phi) is 4.92. The van der Waals surface area contributed by atoms with Gasteiger partial charge in [0.25, 0.3) is 0 Å². The van der Waals surface area contributed by atoms with Gasteiger partial charge in [-0.05, 0) is 30.9 Å². The lowest BCUT2D eigenvalue weighted by atomic mass is 10.3. The first-order valence-electron chi connectivity index (χ1n) is 7.85. The zero-order valence-electron chi connectivity index (χ0n) is 13.7. The fourth-order valence-electron chi connectivity index (χ4n) is 2.25. The summed E-state index contributed by atoms with van der Waals surface area (Å²) < 4.78 is 12.7. The van der Waals surface area contributed by atoms with Crippen LogP contribution in [0.4, 0.5) is 0 Å². The second kappa shape index (κ2) is 7.47. The molecule has 6 heteroatoms. The van der Waals surface area contributed by atoms with Crippen LogP contribution >= 0.6 is 0 Å². The highest BCUT2D eigenvalue weighted by atomic mass is 16.5. The molecule has 0 bridgehead atoms. The fourth-order valence-corrected chi connectivity index (χ4v) is 2.25. The van der Waals surface area contributed by atoms with E-state index in [9.17, 15) is 0 Å². The molecule has 0 unspecified atom stereocenters. The van der Waals surface area contributed by atoms with Gasteiger partial charge in [0.1, 0.15) is 23.0 Å². The van der Waals surface area contributed by atoms with Crippen LogP contribution in [0.1, 0.15) is 36.8 Å². The minimum absolute atomic E-state index is 0.513. The van der Waals surface area contributed by atoms with Crippen molar-refractivity contribution in [2.45, 2.75) is 26.8 Å². The molecule has 0 saturated heterocycles. The smallest absolute Gasteiger partial charge is 0.210 e. The summed E-state index contributed by atoms with van der Waals surface area (Å²) in [4.78, 5) is 8.52. The molecule has 0 radical (unpaired) electrons. The maximum Gasteiger partial charge on any atom is 0.210 e. The van der Waals surface area contributed by atoms with Gasteiger partial charge in [-0.3, -0.25) is 0 Å². The van der Waals surface area contributed by atoms with Crippen molar-refractivity contribution in [3.05, 3.63) is 59.8 Å². The van der Waals surface area contributed by atoms with E-state index in [1.54, 1.807) is 12.4 Å². The molecule has 0 fully saturated rings. The third kappa shape index (κ3) is 3.82. The molecule has 0 aliphatic carbocycles. The average Bonchev–Trinajstić information content (AvgIpc) is 3.24. The Balaban J connectivity index is 1.68. The van der Waals surface area contributed by atoms with Crippen LogP contribution in [0.25, 0.3) is 0 Å². The molecule has 3 heterocycles. The van der Waals surface area contributed by atoms with Crippen molar-refractivity contribution in [2.75, 3.05) is 6.61 Å². The third-order valence-electron chi connectivity index (χ3n) is 3.37. The molecule has 24 heavy (non-hydrogen) atoms. The topological polar surface area (TPSA) is 66.0 Å². The van der Waals surface area contributed by atoms with Crippen molar-refractivity contribution in [3.8, 4) is 17.6 Å². The van der Waals surface area contributed by atoms with Gasteiger partial charge in [-0.15, -0.1) is 0 Å². The van der Waals surface area contributed by atoms with Gasteiger partial charge in [0.15, 0.2) is 0 Å². The Hall–Kier alpha value is -3.07. The summed E-state index contributed by atoms with van der Waals surface area (Å²) in [5, 5.41) is 4.05. The van der Waals surface area contributed by atoms with Crippen molar-refractivity contribution in [1.82, 2.24) is 19.7 Å². The highest BCUT2D eigenvalue weighted by Crippen LogP contribution is 2.09. The average molecular weight is 322 g/mol. The highest BCUT2D eigenvalue weighted by Gasteiger charge is 2.06. The van der Waals surface area contributed by atoms with Crippen molar-refractivity contribution in [2.24, 2.45) is 0 Å². The van der Waals surface area contributed by atoms with Crippen molar-refractivity contribution < 1.29 is 9.26 Å². The SMILES string of the molecule is CCOc1ccc(C#Cc2cc(Cn3ccnc3CC)no2)nc1. The second-order valence-corrected chi connectivity index (χ2v) is 5.07. The predicted octanol–water partition coefficient (Wildman–Crippen LogP) is 2.68. The molecule has 3 aromatic rings. The Bertz CT molecular complexity index is 853. The Morgan fingerprint density at radius 1 is 1.21 bits per heavy atom. The Morgan fingerprint density at radius 3 is 2.88 bits per heavy atom. The molecule has 3 rings (SSSR count). The van der Waals surface area contributed by atoms with Gasteiger partial charge < -0.3 is 13.8 Å². The molecule has 0 aliphatic rings. The maximum atomic E-state index is 5.35. The van der Waals surface area contributed by atoms with Crippen molar-refractivity contribution >= 4 is 0 Å². The predicted molar refractivity (Wildman–Crippen MR) is 88.6 cm³/mol. The summed E-state index contributed by atoms with van der Waals surface area (Å²) in [5.41, 5.74) is 1.46. The number of nitrogens with zero attached hydrogens (tertiary/aromatic N) is 4. The normalized spacial score (nSPS) is 10.2. The molecule has 6 nitrogen and oxygen atoms in total. The van der Waals surface area contributed by atoms with E-state index in [-0.39, 0.29) is 0 Å². The largest absolute Gasteiger partial charge is 0.492 e. The fraction of sp³-hybridized carbons (Fsp3) is 0.278. The van der Waals surface area contributed by atoms with E-state index in [0.29, 0.717) is 24.6 Å². The van der Waals surface area contributed by atoms with Crippen LogP contribution in [0.15, 0.2) is 41.3 Å². The summed E-state index contributed by atoms with van der Waals surface area (Å²) in [6.07, 6.45) is 6.26. The molecule has 122 valence electrons. The third-order valence-corrected chi connectivity index (χ3v) is 3.37. The number of hydrogen-bond donors (Lipinski definition) is 0. The lowest BCUT2D eigenvalue weighted by Crippen LogP contribution is -2.03. The van der Waals surface area contributed by atoms with Gasteiger partial charge in [0.05, 0.1) is 19.3 Å². The lowest BCUT2D eigenvalue weighted by molar-refractivity contribution is 0.339. The molecule has 0 saturated carbocycles. The molecule has 0 spiro atoms. The summed E-state index contributed by atoms with van der Waals surface area (Å²) in [5.74, 6) is 8.15. The lowest BCUT2D eigenvalue weighted by Gasteiger charge is -2.02. The monoisotopic (exact) mass is 322 g/mol. The minimum atomic E-state index is 0.513. The molecule has 0 aromatic carbocycles. The van der Waals surface area contributed by atoms with E-state index >= 15 is 0 Å². The number of hydrogen-bond acceptors (Lipinski definition) is 5. The quantitative estimate of drug-likeness (QED) is 0.676. The molecule has 3 aromatic heterocycles. The minimum Gasteiger partial charge on any atom is -0.492 e. The van der Waals surface area contributed by atoms with Crippen LogP contribution in [0.3, 0.4) is 0 Å². The van der Waals surface area contributed by atoms with Gasteiger partial charge in [-0.25, -0.2) is 9.97 Å². The molecular formula is C18H18N4O2. The van der Waals surface area contributed by atoms with Gasteiger partial charge in [-0.1, -0.05) is 12.1 Å². The molecule has 0 atom stereocenters. The standard InChI is InChI=1S/C18H18N4O2/c1-3-18-19-9-10-22(18)13-15-11-16(24-21-15)7-5-14-6-8-17(12-20-14)23-4-2/h6,8-12H,3-4,13H2,1-2H3. The van der Waals surface area contributed by atoms with E-state index in [1.807, 2.05) is 35.9 Å². The van der Waals surface area contributed by atoms with Crippen LogP contribution in [0.5, 0.6) is 5.75 Å². The van der Waals surface area contributed by atoms with E-state index in [0.717, 1.165) is 23.7 Å². The zero-order chi connectivity index (χ0) is 16.8. The van der Waals surface area contributed by atoms with Crippen LogP contribution in [-0.2, 0) is 13.0 Å². The summed E-state index contributed by atoms with van der Waals surface area (Å²) >= 11 is 0. The van der Waals surface area contributed by atoms with Crippen molar-refractivity contribution in [3.63, 3.8) is 0 Å². The second-order valence-electron chi connectivity index (χ2n) is 5.07. The number of aromatic nitrogens is 4. The number of ether oxygens (including phenoxy) is 1. The first-order valence-corrected chi connectivity index (χ1v) is 7.85. The van der Waals surface area contributed by atoms with Crippen LogP contribution in [0.2, 0.25) is 0 Å². The van der Waals surface area contributed by atoms with Crippen LogP contribution in [-0.4, -0.2) is 26.3 Å². The number of imidazole rings is 1. The van der Waals surface area contributed by atoms with Crippen LogP contribution < -0.4 is 4.74 Å². The zero-order valence-corrected chi connectivity index (χ0v) is 13.7. The van der Waals surface area contributed by atoms with Crippen LogP contribution in [0, 0.1) is 11.8 Å². The molecular weight excluding hydrogens is 304 g/mol. The summed E-state index contributed by atoms with van der Waals surface area (Å²) in [7, 11) is 0. The number of rotatable bonds is 5. The number of pyridine rings is 1. The molecule has 0 amide bonds. The highest BCUT2D eigenvalue weighted by molar-refractivity contribution is 5.36.